The molecule has 2 heterocycles. The highest BCUT2D eigenvalue weighted by atomic mass is 16.6. The first-order chi connectivity index (χ1) is 21.2. The number of nitrogens with zero attached hydrogens (tertiary/aromatic N) is 5. The molecule has 0 aliphatic heterocycles. The van der Waals surface area contributed by atoms with Crippen LogP contribution in [-0.2, 0) is 7.05 Å². The van der Waals surface area contributed by atoms with Crippen molar-refractivity contribution in [1.29, 1.82) is 0 Å². The minimum atomic E-state index is -0.732. The van der Waals surface area contributed by atoms with Crippen molar-refractivity contribution in [2.24, 2.45) is 12.1 Å². The molecule has 5 aromatic rings. The molecule has 1 N–H and O–H groups in total. The van der Waals surface area contributed by atoms with Gasteiger partial charge >= 0.3 is 5.69 Å². The van der Waals surface area contributed by atoms with Crippen molar-refractivity contribution in [2.75, 3.05) is 33.9 Å². The molecule has 44 heavy (non-hydrogen) atoms. The number of non-ortho nitro benzene ring substituents is 1. The van der Waals surface area contributed by atoms with E-state index in [9.17, 15) is 20.2 Å². The summed E-state index contributed by atoms with van der Waals surface area (Å²) >= 11 is 0. The van der Waals surface area contributed by atoms with Gasteiger partial charge in [0.05, 0.1) is 61.7 Å². The Labute approximate surface area is 249 Å². The number of benzene rings is 3. The van der Waals surface area contributed by atoms with E-state index in [1.807, 2.05) is 0 Å². The molecule has 15 nitrogen and oxygen atoms in total. The molecular formula is C29H26N6O9. The average Bonchev–Trinajstić information content (AvgIpc) is 3.63. The van der Waals surface area contributed by atoms with E-state index in [2.05, 4.69) is 15.6 Å². The summed E-state index contributed by atoms with van der Waals surface area (Å²) in [4.78, 5) is 21.7. The summed E-state index contributed by atoms with van der Waals surface area (Å²) in [6.07, 6.45) is 3.39. The Morgan fingerprint density at radius 1 is 0.932 bits per heavy atom. The minimum Gasteiger partial charge on any atom is -0.497 e. The van der Waals surface area contributed by atoms with Gasteiger partial charge in [0.1, 0.15) is 28.5 Å². The van der Waals surface area contributed by atoms with Crippen LogP contribution in [0.15, 0.2) is 70.4 Å². The van der Waals surface area contributed by atoms with Crippen molar-refractivity contribution >= 4 is 33.7 Å². The lowest BCUT2D eigenvalue weighted by Crippen LogP contribution is -2.10. The molecule has 0 aliphatic rings. The number of rotatable bonds is 11. The smallest absolute Gasteiger partial charge is 0.301 e. The fourth-order valence-electron chi connectivity index (χ4n) is 4.66. The maximum Gasteiger partial charge on any atom is 0.301 e. The predicted molar refractivity (Wildman–Crippen MR) is 160 cm³/mol. The molecule has 3 aromatic carbocycles. The third-order valence-electron chi connectivity index (χ3n) is 6.72. The largest absolute Gasteiger partial charge is 0.497 e. The summed E-state index contributed by atoms with van der Waals surface area (Å²) < 4.78 is 30.0. The number of hydrazone groups is 1. The number of nitro benzene ring substituents is 2. The molecule has 0 fully saturated rings. The summed E-state index contributed by atoms with van der Waals surface area (Å²) in [5.74, 6) is 1.95. The van der Waals surface area contributed by atoms with Gasteiger partial charge in [-0.1, -0.05) is 0 Å². The SMILES string of the molecule is COc1ccc2c(/C(=N/Nc3ccc([N+](=O)[O-])cc3[N+](=O)[O-])c3cc(OC)c(OC)c(OC)c3)c(-c3cnn(C)c3)oc2c1. The first kappa shape index (κ1) is 29.4. The van der Waals surface area contributed by atoms with Gasteiger partial charge in [-0.05, 0) is 30.3 Å². The molecule has 5 rings (SSSR count). The monoisotopic (exact) mass is 602 g/mol. The van der Waals surface area contributed by atoms with E-state index in [-0.39, 0.29) is 11.4 Å². The second-order valence-corrected chi connectivity index (χ2v) is 9.27. The van der Waals surface area contributed by atoms with E-state index >= 15 is 0 Å². The number of ether oxygens (including phenoxy) is 4. The van der Waals surface area contributed by atoms with E-state index in [1.54, 1.807) is 54.5 Å². The van der Waals surface area contributed by atoms with E-state index in [1.165, 1.54) is 34.5 Å². The Kier molecular flexibility index (Phi) is 8.02. The number of furan rings is 1. The number of aromatic nitrogens is 2. The average molecular weight is 603 g/mol. The molecule has 0 spiro atoms. The van der Waals surface area contributed by atoms with Crippen LogP contribution in [0.4, 0.5) is 17.1 Å². The van der Waals surface area contributed by atoms with Gasteiger partial charge in [-0.2, -0.15) is 10.2 Å². The lowest BCUT2D eigenvalue weighted by Gasteiger charge is -2.16. The molecule has 0 atom stereocenters. The van der Waals surface area contributed by atoms with Crippen LogP contribution in [0.2, 0.25) is 0 Å². The van der Waals surface area contributed by atoms with Gasteiger partial charge in [-0.3, -0.25) is 30.3 Å². The van der Waals surface area contributed by atoms with Crippen molar-refractivity contribution in [3.8, 4) is 34.3 Å². The molecule has 0 bridgehead atoms. The molecule has 0 amide bonds. The third kappa shape index (κ3) is 5.40. The molecule has 226 valence electrons. The maximum absolute atomic E-state index is 11.9. The van der Waals surface area contributed by atoms with Crippen LogP contribution < -0.4 is 24.4 Å². The maximum atomic E-state index is 11.9. The van der Waals surface area contributed by atoms with E-state index in [0.29, 0.717) is 56.4 Å². The van der Waals surface area contributed by atoms with E-state index in [0.717, 1.165) is 12.1 Å². The summed E-state index contributed by atoms with van der Waals surface area (Å²) in [5.41, 5.74) is 4.01. The van der Waals surface area contributed by atoms with Crippen LogP contribution in [0.1, 0.15) is 11.1 Å². The van der Waals surface area contributed by atoms with Crippen molar-refractivity contribution in [3.05, 3.63) is 92.3 Å². The molecule has 0 saturated carbocycles. The number of aryl methyl sites for hydroxylation is 1. The normalized spacial score (nSPS) is 11.3. The Balaban J connectivity index is 1.82. The zero-order valence-electron chi connectivity index (χ0n) is 24.2. The number of fused-ring (bicyclic) bond motifs is 1. The summed E-state index contributed by atoms with van der Waals surface area (Å²) in [6.45, 7) is 0. The first-order valence-electron chi connectivity index (χ1n) is 12.9. The van der Waals surface area contributed by atoms with Gasteiger partial charge in [-0.15, -0.1) is 0 Å². The summed E-state index contributed by atoms with van der Waals surface area (Å²) in [7, 11) is 7.71. The Bertz CT molecular complexity index is 1900. The lowest BCUT2D eigenvalue weighted by molar-refractivity contribution is -0.393. The van der Waals surface area contributed by atoms with Crippen LogP contribution in [0.3, 0.4) is 0 Å². The van der Waals surface area contributed by atoms with Crippen molar-refractivity contribution in [2.45, 2.75) is 0 Å². The van der Waals surface area contributed by atoms with Gasteiger partial charge in [0.25, 0.3) is 5.69 Å². The number of nitrogens with one attached hydrogen (secondary N) is 1. The zero-order chi connectivity index (χ0) is 31.5. The summed E-state index contributed by atoms with van der Waals surface area (Å²) in [5, 5.41) is 32.7. The fourth-order valence-corrected chi connectivity index (χ4v) is 4.66. The number of hydrogen-bond donors (Lipinski definition) is 1. The highest BCUT2D eigenvalue weighted by Crippen LogP contribution is 2.42. The Morgan fingerprint density at radius 3 is 2.23 bits per heavy atom. The number of anilines is 1. The molecular weight excluding hydrogens is 576 g/mol. The van der Waals surface area contributed by atoms with Crippen LogP contribution >= 0.6 is 0 Å². The Hall–Kier alpha value is -6.12. The summed E-state index contributed by atoms with van der Waals surface area (Å²) in [6, 6.07) is 11.8. The highest BCUT2D eigenvalue weighted by Gasteiger charge is 2.27. The second kappa shape index (κ2) is 12.0. The van der Waals surface area contributed by atoms with Gasteiger partial charge in [0.2, 0.25) is 5.75 Å². The second-order valence-electron chi connectivity index (χ2n) is 9.27. The van der Waals surface area contributed by atoms with Gasteiger partial charge in [0, 0.05) is 36.3 Å². The van der Waals surface area contributed by atoms with Gasteiger partial charge in [-0.25, -0.2) is 0 Å². The van der Waals surface area contributed by atoms with Gasteiger partial charge in [0.15, 0.2) is 11.5 Å². The van der Waals surface area contributed by atoms with Crippen LogP contribution in [0.25, 0.3) is 22.3 Å². The van der Waals surface area contributed by atoms with E-state index < -0.39 is 21.2 Å². The van der Waals surface area contributed by atoms with Crippen molar-refractivity contribution in [3.63, 3.8) is 0 Å². The van der Waals surface area contributed by atoms with Crippen molar-refractivity contribution in [1.82, 2.24) is 9.78 Å². The quantitative estimate of drug-likeness (QED) is 0.114. The minimum absolute atomic E-state index is 0.0806. The molecule has 2 aromatic heterocycles. The van der Waals surface area contributed by atoms with Crippen LogP contribution in [-0.4, -0.2) is 53.8 Å². The standard InChI is InChI=1S/C29H26N6O9/c1-33-15-17(14-30-33)28-26(20-8-7-19(40-2)13-23(20)44-28)27(16-10-24(41-3)29(43-5)25(11-16)42-4)32-31-21-9-6-18(34(36)37)12-22(21)35(38)39/h6-15,31H,1-5H3/b32-27+. The Morgan fingerprint density at radius 2 is 1.66 bits per heavy atom. The first-order valence-corrected chi connectivity index (χ1v) is 12.9. The van der Waals surface area contributed by atoms with Crippen molar-refractivity contribution < 1.29 is 33.2 Å². The number of nitro groups is 2. The topological polar surface area (TPSA) is 179 Å². The van der Waals surface area contributed by atoms with Crippen LogP contribution in [0, 0.1) is 20.2 Å². The fraction of sp³-hybridized carbons (Fsp3) is 0.172. The molecule has 0 radical (unpaired) electrons. The number of methoxy groups -OCH3 is 4. The van der Waals surface area contributed by atoms with Crippen LogP contribution in [0.5, 0.6) is 23.0 Å². The molecule has 0 saturated heterocycles. The highest BCUT2D eigenvalue weighted by molar-refractivity contribution is 6.23. The molecule has 0 aliphatic carbocycles. The molecule has 0 unspecified atom stereocenters. The zero-order valence-corrected chi connectivity index (χ0v) is 24.2. The number of hydrogen-bond acceptors (Lipinski definition) is 12. The third-order valence-corrected chi connectivity index (χ3v) is 6.72. The van der Waals surface area contributed by atoms with E-state index in [4.69, 9.17) is 23.4 Å². The van der Waals surface area contributed by atoms with Gasteiger partial charge < -0.3 is 23.4 Å². The molecule has 15 heteroatoms. The lowest BCUT2D eigenvalue weighted by atomic mass is 9.96. The predicted octanol–water partition coefficient (Wildman–Crippen LogP) is 5.55.